The minimum Gasteiger partial charge on any atom is -0.330 e. The lowest BCUT2D eigenvalue weighted by atomic mass is 10.0. The number of halogens is 2. The molecule has 0 saturated carbocycles. The molecule has 0 unspecified atom stereocenters. The van der Waals surface area contributed by atoms with Crippen LogP contribution in [-0.2, 0) is 4.79 Å². The van der Waals surface area contributed by atoms with Gasteiger partial charge >= 0.3 is 0 Å². The van der Waals surface area contributed by atoms with Gasteiger partial charge in [0.15, 0.2) is 0 Å². The first-order valence-corrected chi connectivity index (χ1v) is 4.46. The third-order valence-electron chi connectivity index (χ3n) is 2.57. The molecule has 2 saturated heterocycles. The van der Waals surface area contributed by atoms with Crippen LogP contribution in [0.15, 0.2) is 0 Å². The van der Waals surface area contributed by atoms with E-state index in [-0.39, 0.29) is 24.9 Å². The standard InChI is InChI=1S/C8H12F2N2O/c9-8(10)4-12(5-8)7(13)6-1-2-11-3-6/h6,11H,1-5H2/t6-/m0/s1. The van der Waals surface area contributed by atoms with Crippen LogP contribution in [0.4, 0.5) is 8.78 Å². The van der Waals surface area contributed by atoms with E-state index in [0.29, 0.717) is 6.54 Å². The summed E-state index contributed by atoms with van der Waals surface area (Å²) in [5.74, 6) is -2.83. The van der Waals surface area contributed by atoms with Gasteiger partial charge in [-0.1, -0.05) is 0 Å². The van der Waals surface area contributed by atoms with Crippen LogP contribution in [0, 0.1) is 5.92 Å². The summed E-state index contributed by atoms with van der Waals surface area (Å²) in [4.78, 5) is 12.7. The molecule has 5 heteroatoms. The molecule has 3 nitrogen and oxygen atoms in total. The summed E-state index contributed by atoms with van der Waals surface area (Å²) in [6.45, 7) is 0.687. The summed E-state index contributed by atoms with van der Waals surface area (Å²) in [5, 5.41) is 3.04. The highest BCUT2D eigenvalue weighted by Crippen LogP contribution is 2.28. The second-order valence-corrected chi connectivity index (χ2v) is 3.74. The molecule has 2 aliphatic rings. The minimum atomic E-state index is -2.64. The molecule has 0 radical (unpaired) electrons. The number of nitrogens with zero attached hydrogens (tertiary/aromatic N) is 1. The van der Waals surface area contributed by atoms with Crippen molar-refractivity contribution in [2.24, 2.45) is 5.92 Å². The van der Waals surface area contributed by atoms with Crippen molar-refractivity contribution in [2.75, 3.05) is 26.2 Å². The number of alkyl halides is 2. The molecule has 2 fully saturated rings. The largest absolute Gasteiger partial charge is 0.330 e. The highest BCUT2D eigenvalue weighted by molar-refractivity contribution is 5.80. The maximum Gasteiger partial charge on any atom is 0.282 e. The predicted molar refractivity (Wildman–Crippen MR) is 42.5 cm³/mol. The van der Waals surface area contributed by atoms with Crippen molar-refractivity contribution >= 4 is 5.91 Å². The summed E-state index contributed by atoms with van der Waals surface area (Å²) in [5.41, 5.74) is 0. The number of carbonyl (C=O) groups is 1. The zero-order valence-electron chi connectivity index (χ0n) is 7.22. The van der Waals surface area contributed by atoms with E-state index in [1.165, 1.54) is 4.90 Å². The fourth-order valence-corrected chi connectivity index (χ4v) is 1.79. The van der Waals surface area contributed by atoms with Crippen molar-refractivity contribution < 1.29 is 13.6 Å². The molecule has 1 amide bonds. The van der Waals surface area contributed by atoms with Crippen molar-refractivity contribution in [3.8, 4) is 0 Å². The summed E-state index contributed by atoms with van der Waals surface area (Å²) in [7, 11) is 0. The van der Waals surface area contributed by atoms with E-state index in [0.717, 1.165) is 13.0 Å². The fourth-order valence-electron chi connectivity index (χ4n) is 1.79. The Morgan fingerprint density at radius 2 is 2.15 bits per heavy atom. The number of rotatable bonds is 1. The molecule has 2 heterocycles. The average Bonchev–Trinajstić information content (AvgIpc) is 2.50. The highest BCUT2D eigenvalue weighted by Gasteiger charge is 2.47. The first-order chi connectivity index (χ1) is 6.08. The Balaban J connectivity index is 1.85. The third-order valence-corrected chi connectivity index (χ3v) is 2.57. The number of amides is 1. The number of nitrogens with one attached hydrogen (secondary N) is 1. The fraction of sp³-hybridized carbons (Fsp3) is 0.875. The maximum absolute atomic E-state index is 12.4. The zero-order chi connectivity index (χ0) is 9.47. The zero-order valence-corrected chi connectivity index (χ0v) is 7.22. The van der Waals surface area contributed by atoms with Gasteiger partial charge < -0.3 is 10.2 Å². The Morgan fingerprint density at radius 3 is 2.62 bits per heavy atom. The van der Waals surface area contributed by atoms with E-state index >= 15 is 0 Å². The Labute approximate surface area is 75.1 Å². The van der Waals surface area contributed by atoms with Crippen LogP contribution < -0.4 is 5.32 Å². The second-order valence-electron chi connectivity index (χ2n) is 3.74. The lowest BCUT2D eigenvalue weighted by Gasteiger charge is -2.39. The lowest BCUT2D eigenvalue weighted by molar-refractivity contribution is -0.169. The van der Waals surface area contributed by atoms with Gasteiger partial charge in [-0.3, -0.25) is 4.79 Å². The van der Waals surface area contributed by atoms with Crippen LogP contribution in [0.25, 0.3) is 0 Å². The first-order valence-electron chi connectivity index (χ1n) is 4.46. The van der Waals surface area contributed by atoms with Crippen molar-refractivity contribution in [1.82, 2.24) is 10.2 Å². The van der Waals surface area contributed by atoms with Gasteiger partial charge in [-0.05, 0) is 13.0 Å². The van der Waals surface area contributed by atoms with Crippen molar-refractivity contribution in [1.29, 1.82) is 0 Å². The van der Waals surface area contributed by atoms with Gasteiger partial charge in [-0.25, -0.2) is 8.78 Å². The van der Waals surface area contributed by atoms with Gasteiger partial charge in [-0.2, -0.15) is 0 Å². The van der Waals surface area contributed by atoms with Crippen LogP contribution in [0.1, 0.15) is 6.42 Å². The normalized spacial score (nSPS) is 31.5. The summed E-state index contributed by atoms with van der Waals surface area (Å²) in [6.07, 6.45) is 0.779. The first kappa shape index (κ1) is 8.87. The molecule has 0 aliphatic carbocycles. The Kier molecular flexibility index (Phi) is 1.98. The molecule has 0 aromatic heterocycles. The molecule has 0 spiro atoms. The van der Waals surface area contributed by atoms with Crippen LogP contribution in [0.3, 0.4) is 0 Å². The number of carbonyl (C=O) groups excluding carboxylic acids is 1. The summed E-state index contributed by atoms with van der Waals surface area (Å²) in [6, 6.07) is 0. The number of hydrogen-bond donors (Lipinski definition) is 1. The molecule has 0 aromatic rings. The van der Waals surface area contributed by atoms with Gasteiger partial charge in [0.2, 0.25) is 5.91 Å². The van der Waals surface area contributed by atoms with Crippen LogP contribution >= 0.6 is 0 Å². The smallest absolute Gasteiger partial charge is 0.282 e. The maximum atomic E-state index is 12.4. The van der Waals surface area contributed by atoms with E-state index < -0.39 is 5.92 Å². The van der Waals surface area contributed by atoms with Crippen molar-refractivity contribution in [3.05, 3.63) is 0 Å². The Morgan fingerprint density at radius 1 is 1.46 bits per heavy atom. The van der Waals surface area contributed by atoms with Crippen LogP contribution in [0.2, 0.25) is 0 Å². The molecule has 2 aliphatic heterocycles. The van der Waals surface area contributed by atoms with Crippen LogP contribution in [0.5, 0.6) is 0 Å². The third kappa shape index (κ3) is 1.65. The van der Waals surface area contributed by atoms with E-state index in [9.17, 15) is 13.6 Å². The van der Waals surface area contributed by atoms with Gasteiger partial charge in [0.1, 0.15) is 0 Å². The van der Waals surface area contributed by atoms with Crippen LogP contribution in [-0.4, -0.2) is 42.9 Å². The van der Waals surface area contributed by atoms with Gasteiger partial charge in [0.25, 0.3) is 5.92 Å². The van der Waals surface area contributed by atoms with E-state index in [1.54, 1.807) is 0 Å². The Bertz CT molecular complexity index is 218. The predicted octanol–water partition coefficient (Wildman–Crippen LogP) is 0.0734. The molecule has 74 valence electrons. The van der Waals surface area contributed by atoms with E-state index in [2.05, 4.69) is 5.32 Å². The quantitative estimate of drug-likeness (QED) is 0.634. The van der Waals surface area contributed by atoms with Gasteiger partial charge in [0.05, 0.1) is 19.0 Å². The Hall–Kier alpha value is -0.710. The van der Waals surface area contributed by atoms with Gasteiger partial charge in [-0.15, -0.1) is 0 Å². The topological polar surface area (TPSA) is 32.3 Å². The molecule has 1 atom stereocenters. The minimum absolute atomic E-state index is 0.0731. The van der Waals surface area contributed by atoms with E-state index in [4.69, 9.17) is 0 Å². The SMILES string of the molecule is O=C([C@H]1CCNC1)N1CC(F)(F)C1. The number of likely N-dealkylation sites (tertiary alicyclic amines) is 1. The molecule has 2 rings (SSSR count). The monoisotopic (exact) mass is 190 g/mol. The van der Waals surface area contributed by atoms with Crippen molar-refractivity contribution in [3.63, 3.8) is 0 Å². The van der Waals surface area contributed by atoms with Gasteiger partial charge in [0, 0.05) is 6.54 Å². The molecule has 13 heavy (non-hydrogen) atoms. The second kappa shape index (κ2) is 2.90. The highest BCUT2D eigenvalue weighted by atomic mass is 19.3. The average molecular weight is 190 g/mol. The summed E-state index contributed by atoms with van der Waals surface area (Å²) < 4.78 is 24.9. The summed E-state index contributed by atoms with van der Waals surface area (Å²) >= 11 is 0. The lowest BCUT2D eigenvalue weighted by Crippen LogP contribution is -2.59. The molecular weight excluding hydrogens is 178 g/mol. The molecule has 0 aromatic carbocycles. The van der Waals surface area contributed by atoms with Crippen molar-refractivity contribution in [2.45, 2.75) is 12.3 Å². The molecule has 1 N–H and O–H groups in total. The molecule has 0 bridgehead atoms. The number of hydrogen-bond acceptors (Lipinski definition) is 2. The molecular formula is C8H12F2N2O. The van der Waals surface area contributed by atoms with E-state index in [1.807, 2.05) is 0 Å².